The van der Waals surface area contributed by atoms with E-state index in [-0.39, 0.29) is 23.8 Å². The first-order chi connectivity index (χ1) is 11.0. The minimum Gasteiger partial charge on any atom is -0.486 e. The fourth-order valence-corrected chi connectivity index (χ4v) is 2.03. The topological polar surface area (TPSA) is 97.1 Å². The van der Waals surface area contributed by atoms with Crippen LogP contribution in [0, 0.1) is 24.1 Å². The largest absolute Gasteiger partial charge is 0.486 e. The molecule has 0 bridgehead atoms. The highest BCUT2D eigenvalue weighted by Gasteiger charge is 2.07. The van der Waals surface area contributed by atoms with Crippen molar-refractivity contribution in [3.05, 3.63) is 70.7 Å². The molecule has 0 aliphatic rings. The lowest BCUT2D eigenvalue weighted by atomic mass is 10.1. The Hall–Kier alpha value is -3.04. The smallest absolute Gasteiger partial charge is 0.165 e. The molecule has 0 fully saturated rings. The summed E-state index contributed by atoms with van der Waals surface area (Å²) in [6.45, 7) is 2.04. The molecular formula is C17H17FN4O. The molecule has 2 aromatic carbocycles. The Labute approximate surface area is 133 Å². The summed E-state index contributed by atoms with van der Waals surface area (Å²) in [4.78, 5) is 0. The second-order valence-electron chi connectivity index (χ2n) is 4.97. The quantitative estimate of drug-likeness (QED) is 0.447. The maximum atomic E-state index is 13.7. The van der Waals surface area contributed by atoms with Gasteiger partial charge in [-0.1, -0.05) is 24.3 Å². The third-order valence-electron chi connectivity index (χ3n) is 3.24. The number of hydrogen-bond acceptors (Lipinski definition) is 5. The molecule has 0 amide bonds. The molecule has 2 aromatic rings. The van der Waals surface area contributed by atoms with Crippen LogP contribution in [0.2, 0.25) is 0 Å². The predicted molar refractivity (Wildman–Crippen MR) is 86.0 cm³/mol. The highest BCUT2D eigenvalue weighted by molar-refractivity contribution is 5.68. The standard InChI is InChI=1S/C17H17FN4O/c1-11-5-6-14(18)16(7-11)23-10-12-3-2-4-13(8-12)17(20)15(9-19)22-21/h2-8,22H,10,20-21H2,1H3/b17-15-. The molecule has 0 spiro atoms. The number of hydrogen-bond donors (Lipinski definition) is 3. The van der Waals surface area contributed by atoms with Gasteiger partial charge in [-0.15, -0.1) is 0 Å². The van der Waals surface area contributed by atoms with Crippen molar-refractivity contribution in [3.63, 3.8) is 0 Å². The first-order valence-corrected chi connectivity index (χ1v) is 6.90. The Morgan fingerprint density at radius 3 is 2.78 bits per heavy atom. The number of nitriles is 1. The van der Waals surface area contributed by atoms with Gasteiger partial charge in [0.1, 0.15) is 12.7 Å². The Morgan fingerprint density at radius 2 is 2.09 bits per heavy atom. The molecule has 0 saturated heterocycles. The van der Waals surface area contributed by atoms with Crippen LogP contribution in [0.5, 0.6) is 5.75 Å². The Balaban J connectivity index is 2.20. The molecule has 118 valence electrons. The van der Waals surface area contributed by atoms with E-state index >= 15 is 0 Å². The number of ether oxygens (including phenoxy) is 1. The van der Waals surface area contributed by atoms with Crippen LogP contribution in [0.3, 0.4) is 0 Å². The molecule has 0 unspecified atom stereocenters. The minimum atomic E-state index is -0.412. The van der Waals surface area contributed by atoms with Gasteiger partial charge >= 0.3 is 0 Å². The molecule has 0 heterocycles. The zero-order chi connectivity index (χ0) is 16.8. The first kappa shape index (κ1) is 16.3. The highest BCUT2D eigenvalue weighted by Crippen LogP contribution is 2.20. The Kier molecular flexibility index (Phi) is 5.18. The van der Waals surface area contributed by atoms with E-state index < -0.39 is 5.82 Å². The second-order valence-corrected chi connectivity index (χ2v) is 4.97. The molecule has 0 radical (unpaired) electrons. The van der Waals surface area contributed by atoms with Crippen LogP contribution in [0.15, 0.2) is 48.2 Å². The summed E-state index contributed by atoms with van der Waals surface area (Å²) in [5, 5.41) is 8.94. The van der Waals surface area contributed by atoms with Crippen molar-refractivity contribution in [3.8, 4) is 11.8 Å². The van der Waals surface area contributed by atoms with E-state index in [0.29, 0.717) is 5.56 Å². The molecule has 5 nitrogen and oxygen atoms in total. The van der Waals surface area contributed by atoms with Crippen molar-refractivity contribution in [1.29, 1.82) is 5.26 Å². The molecule has 0 aromatic heterocycles. The molecule has 0 saturated carbocycles. The van der Waals surface area contributed by atoms with Crippen molar-refractivity contribution in [2.45, 2.75) is 13.5 Å². The molecule has 5 N–H and O–H groups in total. The van der Waals surface area contributed by atoms with Crippen LogP contribution in [0.1, 0.15) is 16.7 Å². The molecule has 0 atom stereocenters. The zero-order valence-electron chi connectivity index (χ0n) is 12.6. The number of halogens is 1. The van der Waals surface area contributed by atoms with E-state index in [1.54, 1.807) is 30.3 Å². The minimum absolute atomic E-state index is 0.0767. The molecule has 6 heteroatoms. The summed E-state index contributed by atoms with van der Waals surface area (Å²) in [5.74, 6) is 5.03. The van der Waals surface area contributed by atoms with E-state index in [1.807, 2.05) is 19.1 Å². The van der Waals surface area contributed by atoms with E-state index in [0.717, 1.165) is 11.1 Å². The lowest BCUT2D eigenvalue weighted by Crippen LogP contribution is -2.23. The fourth-order valence-electron chi connectivity index (χ4n) is 2.03. The van der Waals surface area contributed by atoms with E-state index in [4.69, 9.17) is 21.6 Å². The third-order valence-corrected chi connectivity index (χ3v) is 3.24. The van der Waals surface area contributed by atoms with Gasteiger partial charge in [0.25, 0.3) is 0 Å². The van der Waals surface area contributed by atoms with E-state index in [1.165, 1.54) is 6.07 Å². The SMILES string of the molecule is Cc1ccc(F)c(OCc2cccc(/C(N)=C(\C#N)NN)c2)c1. The average molecular weight is 312 g/mol. The molecule has 23 heavy (non-hydrogen) atoms. The molecule has 0 aliphatic carbocycles. The highest BCUT2D eigenvalue weighted by atomic mass is 19.1. The summed E-state index contributed by atoms with van der Waals surface area (Å²) >= 11 is 0. The van der Waals surface area contributed by atoms with Gasteiger partial charge in [0.15, 0.2) is 17.3 Å². The molecule has 0 aliphatic heterocycles. The Morgan fingerprint density at radius 1 is 1.30 bits per heavy atom. The normalized spacial score (nSPS) is 11.4. The van der Waals surface area contributed by atoms with Crippen molar-refractivity contribution < 1.29 is 9.13 Å². The van der Waals surface area contributed by atoms with Gasteiger partial charge in [-0.05, 0) is 36.2 Å². The van der Waals surface area contributed by atoms with Crippen molar-refractivity contribution in [1.82, 2.24) is 5.43 Å². The number of nitrogens with one attached hydrogen (secondary N) is 1. The van der Waals surface area contributed by atoms with Crippen molar-refractivity contribution in [2.75, 3.05) is 0 Å². The van der Waals surface area contributed by atoms with Crippen molar-refractivity contribution in [2.24, 2.45) is 11.6 Å². The number of benzene rings is 2. The number of nitrogens with two attached hydrogens (primary N) is 2. The number of allylic oxidation sites excluding steroid dienone is 1. The van der Waals surface area contributed by atoms with Gasteiger partial charge in [0, 0.05) is 5.56 Å². The second kappa shape index (κ2) is 7.29. The van der Waals surface area contributed by atoms with E-state index in [9.17, 15) is 4.39 Å². The van der Waals surface area contributed by atoms with Crippen LogP contribution in [0.25, 0.3) is 5.70 Å². The number of hydrazine groups is 1. The first-order valence-electron chi connectivity index (χ1n) is 6.90. The lowest BCUT2D eigenvalue weighted by molar-refractivity contribution is 0.290. The average Bonchev–Trinajstić information content (AvgIpc) is 2.57. The zero-order valence-corrected chi connectivity index (χ0v) is 12.6. The summed E-state index contributed by atoms with van der Waals surface area (Å²) in [6, 6.07) is 13.7. The third kappa shape index (κ3) is 3.99. The summed E-state index contributed by atoms with van der Waals surface area (Å²) in [5.41, 5.74) is 10.8. The van der Waals surface area contributed by atoms with Crippen LogP contribution >= 0.6 is 0 Å². The maximum Gasteiger partial charge on any atom is 0.165 e. The van der Waals surface area contributed by atoms with Gasteiger partial charge in [-0.3, -0.25) is 0 Å². The van der Waals surface area contributed by atoms with Gasteiger partial charge in [-0.2, -0.15) is 5.26 Å². The van der Waals surface area contributed by atoms with Gasteiger partial charge in [0.05, 0.1) is 5.70 Å². The summed E-state index contributed by atoms with van der Waals surface area (Å²) in [7, 11) is 0. The predicted octanol–water partition coefficient (Wildman–Crippen LogP) is 2.33. The van der Waals surface area contributed by atoms with Gasteiger partial charge in [-0.25, -0.2) is 10.2 Å². The van der Waals surface area contributed by atoms with Crippen LogP contribution in [0.4, 0.5) is 4.39 Å². The molecular weight excluding hydrogens is 295 g/mol. The summed E-state index contributed by atoms with van der Waals surface area (Å²) < 4.78 is 19.2. The maximum absolute atomic E-state index is 13.7. The molecule has 2 rings (SSSR count). The van der Waals surface area contributed by atoms with Crippen LogP contribution in [-0.2, 0) is 6.61 Å². The van der Waals surface area contributed by atoms with Gasteiger partial charge in [0.2, 0.25) is 0 Å². The monoisotopic (exact) mass is 312 g/mol. The Bertz CT molecular complexity index is 780. The van der Waals surface area contributed by atoms with Crippen LogP contribution in [-0.4, -0.2) is 0 Å². The summed E-state index contributed by atoms with van der Waals surface area (Å²) in [6.07, 6.45) is 0. The lowest BCUT2D eigenvalue weighted by Gasteiger charge is -2.10. The fraction of sp³-hybridized carbons (Fsp3) is 0.118. The van der Waals surface area contributed by atoms with Crippen LogP contribution < -0.4 is 21.7 Å². The van der Waals surface area contributed by atoms with E-state index in [2.05, 4.69) is 5.43 Å². The number of rotatable bonds is 5. The van der Waals surface area contributed by atoms with Gasteiger partial charge < -0.3 is 15.9 Å². The number of nitrogens with zero attached hydrogens (tertiary/aromatic N) is 1. The number of aryl methyl sites for hydroxylation is 1. The van der Waals surface area contributed by atoms with Crippen molar-refractivity contribution >= 4 is 5.70 Å².